The third-order valence-electron chi connectivity index (χ3n) is 3.86. The van der Waals surface area contributed by atoms with Crippen LogP contribution >= 0.6 is 11.6 Å². The topological polar surface area (TPSA) is 35.6 Å². The van der Waals surface area contributed by atoms with Crippen molar-refractivity contribution >= 4 is 22.8 Å². The van der Waals surface area contributed by atoms with Crippen molar-refractivity contribution < 1.29 is 0 Å². The van der Waals surface area contributed by atoms with Gasteiger partial charge in [0.05, 0.1) is 11.1 Å². The predicted octanol–water partition coefficient (Wildman–Crippen LogP) is 4.01. The van der Waals surface area contributed by atoms with Crippen molar-refractivity contribution in [2.75, 3.05) is 0 Å². The van der Waals surface area contributed by atoms with Gasteiger partial charge in [-0.2, -0.15) is 5.10 Å². The van der Waals surface area contributed by atoms with E-state index in [9.17, 15) is 0 Å². The molecule has 0 aliphatic heterocycles. The molecule has 0 aliphatic rings. The molecule has 1 atom stereocenters. The van der Waals surface area contributed by atoms with Crippen LogP contribution in [0.4, 0.5) is 0 Å². The number of halogens is 1. The SMILES string of the molecule is CCn1nc(C)c2nc(C(C)Cl)n(C(C)(C)CC)c21. The lowest BCUT2D eigenvalue weighted by Gasteiger charge is -2.28. The molecule has 4 nitrogen and oxygen atoms in total. The summed E-state index contributed by atoms with van der Waals surface area (Å²) in [6.07, 6.45) is 1.02. The molecule has 1 unspecified atom stereocenters. The van der Waals surface area contributed by atoms with Gasteiger partial charge in [-0.25, -0.2) is 9.67 Å². The second-order valence-corrected chi connectivity index (χ2v) is 6.32. The fourth-order valence-corrected chi connectivity index (χ4v) is 2.57. The first-order valence-corrected chi connectivity index (χ1v) is 7.37. The molecule has 19 heavy (non-hydrogen) atoms. The Balaban J connectivity index is 2.86. The van der Waals surface area contributed by atoms with Crippen molar-refractivity contribution in [3.05, 3.63) is 11.5 Å². The lowest BCUT2D eigenvalue weighted by atomic mass is 10.0. The zero-order valence-corrected chi connectivity index (χ0v) is 13.4. The number of rotatable bonds is 4. The van der Waals surface area contributed by atoms with Crippen LogP contribution < -0.4 is 0 Å². The standard InChI is InChI=1S/C14H23ClN4/c1-7-14(5,6)19-12(9(3)15)16-11-10(4)17-18(8-2)13(11)19/h9H,7-8H2,1-6H3. The van der Waals surface area contributed by atoms with E-state index in [0.717, 1.165) is 35.6 Å². The number of imidazole rings is 1. The first-order chi connectivity index (χ1) is 8.83. The van der Waals surface area contributed by atoms with Crippen molar-refractivity contribution in [3.63, 3.8) is 0 Å². The highest BCUT2D eigenvalue weighted by molar-refractivity contribution is 6.20. The molecule has 0 fully saturated rings. The zero-order valence-electron chi connectivity index (χ0n) is 12.7. The Morgan fingerprint density at radius 2 is 1.95 bits per heavy atom. The second-order valence-electron chi connectivity index (χ2n) is 5.66. The van der Waals surface area contributed by atoms with Crippen LogP contribution in [0, 0.1) is 6.92 Å². The highest BCUT2D eigenvalue weighted by Crippen LogP contribution is 2.33. The number of fused-ring (bicyclic) bond motifs is 1. The molecule has 2 heterocycles. The van der Waals surface area contributed by atoms with Crippen molar-refractivity contribution in [1.29, 1.82) is 0 Å². The molecule has 0 bridgehead atoms. The summed E-state index contributed by atoms with van der Waals surface area (Å²) in [4.78, 5) is 4.74. The van der Waals surface area contributed by atoms with E-state index in [0.29, 0.717) is 0 Å². The van der Waals surface area contributed by atoms with E-state index in [1.165, 1.54) is 0 Å². The van der Waals surface area contributed by atoms with E-state index in [4.69, 9.17) is 16.6 Å². The molecule has 0 radical (unpaired) electrons. The molecule has 2 aromatic heterocycles. The minimum Gasteiger partial charge on any atom is -0.306 e. The van der Waals surface area contributed by atoms with Gasteiger partial charge in [-0.3, -0.25) is 0 Å². The van der Waals surface area contributed by atoms with Crippen molar-refractivity contribution in [2.45, 2.75) is 65.4 Å². The number of hydrogen-bond acceptors (Lipinski definition) is 2. The summed E-state index contributed by atoms with van der Waals surface area (Å²) in [7, 11) is 0. The van der Waals surface area contributed by atoms with Crippen LogP contribution in [0.25, 0.3) is 11.2 Å². The molecule has 106 valence electrons. The molecule has 0 aliphatic carbocycles. The molecule has 0 N–H and O–H groups in total. The molecule has 2 rings (SSSR count). The molecule has 0 aromatic carbocycles. The van der Waals surface area contributed by atoms with Gasteiger partial charge in [-0.05, 0) is 41.0 Å². The summed E-state index contributed by atoms with van der Waals surface area (Å²) in [5, 5.41) is 4.46. The van der Waals surface area contributed by atoms with Crippen molar-refractivity contribution in [1.82, 2.24) is 19.3 Å². The largest absolute Gasteiger partial charge is 0.306 e. The maximum absolute atomic E-state index is 6.33. The lowest BCUT2D eigenvalue weighted by molar-refractivity contribution is 0.335. The van der Waals surface area contributed by atoms with Gasteiger partial charge in [0, 0.05) is 12.1 Å². The van der Waals surface area contributed by atoms with Gasteiger partial charge >= 0.3 is 0 Å². The fraction of sp³-hybridized carbons (Fsp3) is 0.714. The van der Waals surface area contributed by atoms with E-state index in [1.807, 2.05) is 18.5 Å². The molecule has 0 saturated carbocycles. The monoisotopic (exact) mass is 282 g/mol. The van der Waals surface area contributed by atoms with Crippen LogP contribution in [0.3, 0.4) is 0 Å². The van der Waals surface area contributed by atoms with Crippen LogP contribution in [-0.4, -0.2) is 19.3 Å². The Hall–Kier alpha value is -1.03. The van der Waals surface area contributed by atoms with E-state index in [2.05, 4.69) is 37.4 Å². The molecular weight excluding hydrogens is 260 g/mol. The summed E-state index contributed by atoms with van der Waals surface area (Å²) >= 11 is 6.33. The van der Waals surface area contributed by atoms with Gasteiger partial charge in [0.15, 0.2) is 5.65 Å². The maximum Gasteiger partial charge on any atom is 0.159 e. The number of aryl methyl sites for hydroxylation is 2. The second kappa shape index (κ2) is 4.82. The van der Waals surface area contributed by atoms with Gasteiger partial charge < -0.3 is 4.57 Å². The van der Waals surface area contributed by atoms with Crippen LogP contribution in [0.5, 0.6) is 0 Å². The Labute approximate surface area is 119 Å². The first kappa shape index (κ1) is 14.4. The molecule has 5 heteroatoms. The van der Waals surface area contributed by atoms with Crippen LogP contribution in [0.15, 0.2) is 0 Å². The van der Waals surface area contributed by atoms with Crippen LogP contribution in [0.2, 0.25) is 0 Å². The average molecular weight is 283 g/mol. The molecule has 2 aromatic rings. The minimum atomic E-state index is -0.108. The van der Waals surface area contributed by atoms with Gasteiger partial charge in [0.1, 0.15) is 11.3 Å². The lowest BCUT2D eigenvalue weighted by Crippen LogP contribution is -2.28. The van der Waals surface area contributed by atoms with Crippen molar-refractivity contribution in [3.8, 4) is 0 Å². The van der Waals surface area contributed by atoms with E-state index >= 15 is 0 Å². The van der Waals surface area contributed by atoms with E-state index in [1.54, 1.807) is 0 Å². The highest BCUT2D eigenvalue weighted by Gasteiger charge is 2.29. The van der Waals surface area contributed by atoms with Crippen molar-refractivity contribution in [2.24, 2.45) is 0 Å². The smallest absolute Gasteiger partial charge is 0.159 e. The minimum absolute atomic E-state index is 0.0212. The Morgan fingerprint density at radius 3 is 2.42 bits per heavy atom. The van der Waals surface area contributed by atoms with Gasteiger partial charge in [0.2, 0.25) is 0 Å². The molecule has 0 saturated heterocycles. The quantitative estimate of drug-likeness (QED) is 0.795. The number of aromatic nitrogens is 4. The summed E-state index contributed by atoms with van der Waals surface area (Å²) in [6, 6.07) is 0. The Morgan fingerprint density at radius 1 is 1.32 bits per heavy atom. The normalized spacial score (nSPS) is 14.3. The fourth-order valence-electron chi connectivity index (χ4n) is 2.43. The number of nitrogens with zero attached hydrogens (tertiary/aromatic N) is 4. The molecule has 0 amide bonds. The summed E-state index contributed by atoms with van der Waals surface area (Å²) in [5.41, 5.74) is 3.02. The summed E-state index contributed by atoms with van der Waals surface area (Å²) < 4.78 is 4.29. The van der Waals surface area contributed by atoms with Gasteiger partial charge in [-0.1, -0.05) is 6.92 Å². The first-order valence-electron chi connectivity index (χ1n) is 6.93. The molecule has 0 spiro atoms. The zero-order chi connectivity index (χ0) is 14.4. The maximum atomic E-state index is 6.33. The average Bonchev–Trinajstić information content (AvgIpc) is 2.88. The van der Waals surface area contributed by atoms with E-state index in [-0.39, 0.29) is 10.9 Å². The highest BCUT2D eigenvalue weighted by atomic mass is 35.5. The van der Waals surface area contributed by atoms with Crippen LogP contribution in [0.1, 0.15) is 57.9 Å². The molecular formula is C14H23ClN4. The number of alkyl halides is 1. The van der Waals surface area contributed by atoms with E-state index < -0.39 is 0 Å². The Bertz CT molecular complexity index is 592. The number of hydrogen-bond donors (Lipinski definition) is 0. The Kier molecular flexibility index (Phi) is 3.65. The van der Waals surface area contributed by atoms with Gasteiger partial charge in [0.25, 0.3) is 0 Å². The summed E-state index contributed by atoms with van der Waals surface area (Å²) in [6.45, 7) is 13.6. The van der Waals surface area contributed by atoms with Gasteiger partial charge in [-0.15, -0.1) is 11.6 Å². The summed E-state index contributed by atoms with van der Waals surface area (Å²) in [5.74, 6) is 0.936. The third-order valence-corrected chi connectivity index (χ3v) is 4.06. The van der Waals surface area contributed by atoms with Crippen LogP contribution in [-0.2, 0) is 12.1 Å². The third kappa shape index (κ3) is 2.16. The predicted molar refractivity (Wildman–Crippen MR) is 79.8 cm³/mol.